The van der Waals surface area contributed by atoms with Gasteiger partial charge in [-0.05, 0) is 62.6 Å². The molecule has 9 heteroatoms. The van der Waals surface area contributed by atoms with E-state index >= 15 is 0 Å². The third-order valence-corrected chi connectivity index (χ3v) is 9.04. The molecule has 0 bridgehead atoms. The average molecular weight is 577 g/mol. The van der Waals surface area contributed by atoms with Gasteiger partial charge in [-0.3, -0.25) is 14.3 Å². The Bertz CT molecular complexity index is 1430. The Labute approximate surface area is 244 Å². The van der Waals surface area contributed by atoms with Crippen molar-refractivity contribution in [1.29, 1.82) is 0 Å². The highest BCUT2D eigenvalue weighted by atomic mass is 32.2. The van der Waals surface area contributed by atoms with Crippen molar-refractivity contribution in [1.82, 2.24) is 9.80 Å². The molecule has 0 aromatic heterocycles. The molecular formula is C32H40N4O4S. The van der Waals surface area contributed by atoms with Crippen LogP contribution in [0.3, 0.4) is 0 Å². The zero-order chi connectivity index (χ0) is 29.4. The molecule has 4 rings (SSSR count). The average Bonchev–Trinajstić information content (AvgIpc) is 3.25. The maximum atomic E-state index is 13.7. The molecule has 1 aliphatic rings. The summed E-state index contributed by atoms with van der Waals surface area (Å²) in [5, 5.41) is 0. The topological polar surface area (TPSA) is 90.0 Å². The van der Waals surface area contributed by atoms with Crippen molar-refractivity contribution in [3.63, 3.8) is 0 Å². The molecule has 218 valence electrons. The van der Waals surface area contributed by atoms with E-state index in [9.17, 15) is 18.0 Å². The summed E-state index contributed by atoms with van der Waals surface area (Å²) in [7, 11) is -3.81. The van der Waals surface area contributed by atoms with Crippen LogP contribution < -0.4 is 9.62 Å². The van der Waals surface area contributed by atoms with Crippen LogP contribution in [0.1, 0.15) is 55.5 Å². The molecule has 0 saturated carbocycles. The van der Waals surface area contributed by atoms with Crippen LogP contribution in [-0.2, 0) is 14.8 Å². The largest absolute Gasteiger partial charge is 0.369 e. The fraction of sp³-hybridized carbons (Fsp3) is 0.375. The zero-order valence-corrected chi connectivity index (χ0v) is 24.9. The molecule has 0 radical (unpaired) electrons. The first-order valence-electron chi connectivity index (χ1n) is 14.4. The van der Waals surface area contributed by atoms with Crippen LogP contribution in [0.2, 0.25) is 0 Å². The number of amides is 2. The summed E-state index contributed by atoms with van der Waals surface area (Å²) in [5.74, 6) is -0.205. The first kappa shape index (κ1) is 30.1. The third kappa shape index (κ3) is 7.08. The zero-order valence-electron chi connectivity index (χ0n) is 24.1. The Kier molecular flexibility index (Phi) is 10.0. The lowest BCUT2D eigenvalue weighted by Crippen LogP contribution is -2.38. The molecule has 1 N–H and O–H groups in total. The van der Waals surface area contributed by atoms with Gasteiger partial charge in [-0.1, -0.05) is 55.5 Å². The molecule has 1 heterocycles. The van der Waals surface area contributed by atoms with Crippen LogP contribution in [-0.4, -0.2) is 69.3 Å². The van der Waals surface area contributed by atoms with Gasteiger partial charge in [-0.15, -0.1) is 0 Å². The van der Waals surface area contributed by atoms with E-state index in [1.165, 1.54) is 12.1 Å². The predicted molar refractivity (Wildman–Crippen MR) is 164 cm³/mol. The van der Waals surface area contributed by atoms with Crippen molar-refractivity contribution < 1.29 is 18.0 Å². The van der Waals surface area contributed by atoms with Crippen molar-refractivity contribution in [2.75, 3.05) is 48.9 Å². The van der Waals surface area contributed by atoms with Gasteiger partial charge in [0.15, 0.2) is 0 Å². The van der Waals surface area contributed by atoms with E-state index in [-0.39, 0.29) is 22.6 Å². The predicted octanol–water partition coefficient (Wildman–Crippen LogP) is 5.20. The summed E-state index contributed by atoms with van der Waals surface area (Å²) in [4.78, 5) is 33.2. The van der Waals surface area contributed by atoms with E-state index < -0.39 is 10.0 Å². The SMILES string of the molecule is CC[C@H](C(=O)N1CCCN(c2ccc(NS(=O)(=O)c3ccccc3)cc2C(=O)N(CC)CC)CC1)c1ccccc1. The number of carbonyl (C=O) groups is 2. The number of benzene rings is 3. The van der Waals surface area contributed by atoms with Gasteiger partial charge in [0.1, 0.15) is 0 Å². The second-order valence-electron chi connectivity index (χ2n) is 10.2. The number of nitrogens with one attached hydrogen (secondary N) is 1. The van der Waals surface area contributed by atoms with Crippen molar-refractivity contribution >= 4 is 33.2 Å². The van der Waals surface area contributed by atoms with Crippen LogP contribution in [0.25, 0.3) is 0 Å². The number of hydrogen-bond donors (Lipinski definition) is 1. The van der Waals surface area contributed by atoms with Crippen molar-refractivity contribution in [2.24, 2.45) is 0 Å². The molecule has 1 saturated heterocycles. The monoisotopic (exact) mass is 576 g/mol. The molecule has 2 amide bonds. The van der Waals surface area contributed by atoms with Crippen LogP contribution in [0.5, 0.6) is 0 Å². The molecular weight excluding hydrogens is 536 g/mol. The first-order valence-corrected chi connectivity index (χ1v) is 15.9. The maximum Gasteiger partial charge on any atom is 0.261 e. The number of hydrogen-bond acceptors (Lipinski definition) is 5. The van der Waals surface area contributed by atoms with Gasteiger partial charge in [-0.25, -0.2) is 8.42 Å². The standard InChI is InChI=1S/C32H40N4O4S/c1-4-28(25-14-9-7-10-15-25)31(37)36-21-13-20-35(22-23-36)30-19-18-26(24-29(30)32(38)34(5-2)6-3)33-41(39,40)27-16-11-8-12-17-27/h7-12,14-19,24,28,33H,4-6,13,20-23H2,1-3H3/t28-/m0/s1. The number of rotatable bonds is 10. The number of carbonyl (C=O) groups excluding carboxylic acids is 2. The Morgan fingerprint density at radius 1 is 0.854 bits per heavy atom. The fourth-order valence-electron chi connectivity index (χ4n) is 5.38. The number of sulfonamides is 1. The summed E-state index contributed by atoms with van der Waals surface area (Å²) < 4.78 is 28.6. The van der Waals surface area contributed by atoms with Crippen LogP contribution >= 0.6 is 0 Å². The minimum atomic E-state index is -3.81. The lowest BCUT2D eigenvalue weighted by molar-refractivity contribution is -0.132. The summed E-state index contributed by atoms with van der Waals surface area (Å²) in [6.45, 7) is 9.41. The Hall–Kier alpha value is -3.85. The molecule has 0 spiro atoms. The molecule has 3 aromatic carbocycles. The smallest absolute Gasteiger partial charge is 0.261 e. The minimum absolute atomic E-state index is 0.130. The molecule has 0 aliphatic carbocycles. The highest BCUT2D eigenvalue weighted by Crippen LogP contribution is 2.29. The fourth-order valence-corrected chi connectivity index (χ4v) is 6.45. The van der Waals surface area contributed by atoms with E-state index in [1.807, 2.05) is 62.1 Å². The maximum absolute atomic E-state index is 13.7. The normalized spacial score (nSPS) is 14.7. The van der Waals surface area contributed by atoms with Crippen molar-refractivity contribution in [3.8, 4) is 0 Å². The highest BCUT2D eigenvalue weighted by molar-refractivity contribution is 7.92. The second-order valence-corrected chi connectivity index (χ2v) is 11.8. The van der Waals surface area contributed by atoms with Gasteiger partial charge in [-0.2, -0.15) is 0 Å². The lowest BCUT2D eigenvalue weighted by atomic mass is 9.95. The third-order valence-electron chi connectivity index (χ3n) is 7.64. The Morgan fingerprint density at radius 3 is 2.15 bits per heavy atom. The van der Waals surface area contributed by atoms with Crippen LogP contribution in [0.15, 0.2) is 83.8 Å². The van der Waals surface area contributed by atoms with Crippen LogP contribution in [0, 0.1) is 0 Å². The minimum Gasteiger partial charge on any atom is -0.369 e. The molecule has 41 heavy (non-hydrogen) atoms. The van der Waals surface area contributed by atoms with E-state index in [0.717, 1.165) is 24.1 Å². The van der Waals surface area contributed by atoms with Gasteiger partial charge < -0.3 is 14.7 Å². The van der Waals surface area contributed by atoms with E-state index in [1.54, 1.807) is 35.2 Å². The van der Waals surface area contributed by atoms with E-state index in [4.69, 9.17) is 0 Å². The highest BCUT2D eigenvalue weighted by Gasteiger charge is 2.28. The molecule has 3 aromatic rings. The van der Waals surface area contributed by atoms with Gasteiger partial charge in [0.25, 0.3) is 15.9 Å². The summed E-state index contributed by atoms with van der Waals surface area (Å²) in [6, 6.07) is 23.2. The van der Waals surface area contributed by atoms with E-state index in [2.05, 4.69) is 9.62 Å². The van der Waals surface area contributed by atoms with Gasteiger partial charge in [0.2, 0.25) is 5.91 Å². The first-order chi connectivity index (χ1) is 19.8. The summed E-state index contributed by atoms with van der Waals surface area (Å²) in [5.41, 5.74) is 2.54. The van der Waals surface area contributed by atoms with Crippen molar-refractivity contribution in [3.05, 3.63) is 90.0 Å². The molecule has 8 nitrogen and oxygen atoms in total. The summed E-state index contributed by atoms with van der Waals surface area (Å²) in [6.07, 6.45) is 1.49. The van der Waals surface area contributed by atoms with Crippen LogP contribution in [0.4, 0.5) is 11.4 Å². The van der Waals surface area contributed by atoms with Crippen molar-refractivity contribution in [2.45, 2.75) is 44.4 Å². The van der Waals surface area contributed by atoms with Gasteiger partial charge in [0, 0.05) is 50.6 Å². The number of anilines is 2. The molecule has 0 unspecified atom stereocenters. The Balaban J connectivity index is 1.59. The second kappa shape index (κ2) is 13.7. The Morgan fingerprint density at radius 2 is 1.51 bits per heavy atom. The van der Waals surface area contributed by atoms with E-state index in [0.29, 0.717) is 50.5 Å². The molecule has 1 aliphatic heterocycles. The molecule has 1 fully saturated rings. The van der Waals surface area contributed by atoms with Gasteiger partial charge >= 0.3 is 0 Å². The molecule has 1 atom stereocenters. The van der Waals surface area contributed by atoms with Gasteiger partial charge in [0.05, 0.1) is 16.4 Å². The lowest BCUT2D eigenvalue weighted by Gasteiger charge is -2.29. The summed E-state index contributed by atoms with van der Waals surface area (Å²) >= 11 is 0. The quantitative estimate of drug-likeness (QED) is 0.358. The number of nitrogens with zero attached hydrogens (tertiary/aromatic N) is 3.